The topological polar surface area (TPSA) is 59.6 Å². The van der Waals surface area contributed by atoms with Crippen LogP contribution in [0.2, 0.25) is 0 Å². The van der Waals surface area contributed by atoms with Gasteiger partial charge in [0, 0.05) is 36.8 Å². The average Bonchev–Trinajstić information content (AvgIpc) is 2.49. The number of fused-ring (bicyclic) bond motifs is 1. The Labute approximate surface area is 145 Å². The normalized spacial score (nSPS) is 12.5. The lowest BCUT2D eigenvalue weighted by Gasteiger charge is -2.18. The Hall–Kier alpha value is -1.08. The minimum absolute atomic E-state index is 0. The molecule has 0 aliphatic carbocycles. The van der Waals surface area contributed by atoms with Crippen LogP contribution in [0.5, 0.6) is 5.75 Å². The summed E-state index contributed by atoms with van der Waals surface area (Å²) in [5, 5.41) is 6.04. The Kier molecular flexibility index (Phi) is 8.48. The molecule has 1 aliphatic rings. The first kappa shape index (κ1) is 19.0. The van der Waals surface area contributed by atoms with E-state index in [1.807, 2.05) is 24.3 Å². The zero-order valence-electron chi connectivity index (χ0n) is 12.4. The summed E-state index contributed by atoms with van der Waals surface area (Å²) in [6, 6.07) is 5.75. The molecule has 0 bridgehead atoms. The molecule has 5 nitrogen and oxygen atoms in total. The summed E-state index contributed by atoms with van der Waals surface area (Å²) in [4.78, 5) is 12.1. The number of hydrogen-bond acceptors (Lipinski definition) is 4. The van der Waals surface area contributed by atoms with Gasteiger partial charge in [0.25, 0.3) is 5.91 Å². The molecule has 0 spiro atoms. The van der Waals surface area contributed by atoms with Gasteiger partial charge >= 0.3 is 0 Å². The van der Waals surface area contributed by atoms with Crippen LogP contribution in [0, 0.1) is 0 Å². The van der Waals surface area contributed by atoms with E-state index in [-0.39, 0.29) is 18.3 Å². The third kappa shape index (κ3) is 5.61. The maximum absolute atomic E-state index is 12.1. The van der Waals surface area contributed by atoms with Crippen LogP contribution in [-0.4, -0.2) is 45.9 Å². The smallest absolute Gasteiger partial charge is 0.250 e. The molecule has 122 valence electrons. The van der Waals surface area contributed by atoms with Gasteiger partial charge in [0.1, 0.15) is 12.4 Å². The number of carbonyl (C=O) groups excluding carboxylic acids is 1. The van der Waals surface area contributed by atoms with Crippen LogP contribution in [0.3, 0.4) is 0 Å². The van der Waals surface area contributed by atoms with Gasteiger partial charge in [0.2, 0.25) is 0 Å². The summed E-state index contributed by atoms with van der Waals surface area (Å²) >= 11 is 3.42. The first-order chi connectivity index (χ1) is 10.2. The average molecular weight is 392 g/mol. The second-order valence-electron chi connectivity index (χ2n) is 4.64. The monoisotopic (exact) mass is 390 g/mol. The molecule has 0 saturated heterocycles. The molecule has 1 heterocycles. The fourth-order valence-corrected chi connectivity index (χ4v) is 2.34. The quantitative estimate of drug-likeness (QED) is 0.698. The number of benzene rings is 1. The fraction of sp³-hybridized carbons (Fsp3) is 0.400. The number of hydrogen-bond donors (Lipinski definition) is 2. The van der Waals surface area contributed by atoms with E-state index in [2.05, 4.69) is 26.6 Å². The maximum Gasteiger partial charge on any atom is 0.250 e. The van der Waals surface area contributed by atoms with Crippen molar-refractivity contribution < 1.29 is 14.3 Å². The summed E-state index contributed by atoms with van der Waals surface area (Å²) in [5.41, 5.74) is 1.55. The van der Waals surface area contributed by atoms with Crippen LogP contribution in [0.15, 0.2) is 28.2 Å². The van der Waals surface area contributed by atoms with Crippen LogP contribution in [0.1, 0.15) is 5.56 Å². The summed E-state index contributed by atoms with van der Waals surface area (Å²) in [6.45, 7) is 3.03. The molecule has 2 N–H and O–H groups in total. The van der Waals surface area contributed by atoms with Crippen molar-refractivity contribution in [1.29, 1.82) is 0 Å². The predicted octanol–water partition coefficient (Wildman–Crippen LogP) is 2.00. The molecular weight excluding hydrogens is 372 g/mol. The van der Waals surface area contributed by atoms with Crippen molar-refractivity contribution in [2.24, 2.45) is 0 Å². The molecule has 0 fully saturated rings. The van der Waals surface area contributed by atoms with Gasteiger partial charge in [0.15, 0.2) is 0 Å². The first-order valence-electron chi connectivity index (χ1n) is 6.81. The fourth-order valence-electron chi connectivity index (χ4n) is 1.96. The van der Waals surface area contributed by atoms with E-state index in [4.69, 9.17) is 9.47 Å². The largest absolute Gasteiger partial charge is 0.488 e. The van der Waals surface area contributed by atoms with Crippen molar-refractivity contribution in [2.45, 2.75) is 0 Å². The van der Waals surface area contributed by atoms with Crippen LogP contribution < -0.4 is 15.4 Å². The number of methoxy groups -OCH3 is 1. The minimum Gasteiger partial charge on any atom is -0.488 e. The second-order valence-corrected chi connectivity index (χ2v) is 5.55. The molecule has 0 saturated carbocycles. The molecule has 1 aromatic carbocycles. The van der Waals surface area contributed by atoms with Gasteiger partial charge in [-0.05, 0) is 24.3 Å². The molecule has 7 heteroatoms. The van der Waals surface area contributed by atoms with E-state index >= 15 is 0 Å². The number of carbonyl (C=O) groups is 1. The van der Waals surface area contributed by atoms with E-state index in [1.54, 1.807) is 7.11 Å². The predicted molar refractivity (Wildman–Crippen MR) is 92.6 cm³/mol. The van der Waals surface area contributed by atoms with E-state index < -0.39 is 0 Å². The summed E-state index contributed by atoms with van der Waals surface area (Å²) in [7, 11) is 1.66. The van der Waals surface area contributed by atoms with Gasteiger partial charge in [-0.1, -0.05) is 15.9 Å². The highest BCUT2D eigenvalue weighted by Crippen LogP contribution is 2.29. The Bertz CT molecular complexity index is 538. The molecule has 0 radical (unpaired) electrons. The molecule has 2 rings (SSSR count). The second kappa shape index (κ2) is 9.84. The van der Waals surface area contributed by atoms with Gasteiger partial charge in [-0.25, -0.2) is 0 Å². The molecule has 1 amide bonds. The lowest BCUT2D eigenvalue weighted by molar-refractivity contribution is -0.117. The van der Waals surface area contributed by atoms with Gasteiger partial charge in [-0.15, -0.1) is 12.4 Å². The van der Waals surface area contributed by atoms with E-state index in [0.29, 0.717) is 31.9 Å². The highest BCUT2D eigenvalue weighted by atomic mass is 79.9. The standard InChI is InChI=1S/C15H19BrN2O3.ClH/c1-20-7-6-17-4-5-18-15(19)12-8-11-9-13(16)2-3-14(11)21-10-12;/h2-3,8-9,17H,4-7,10H2,1H3,(H,18,19);1H. The molecule has 0 aromatic heterocycles. The highest BCUT2D eigenvalue weighted by Gasteiger charge is 2.16. The zero-order chi connectivity index (χ0) is 15.1. The maximum atomic E-state index is 12.1. The Morgan fingerprint density at radius 2 is 2.18 bits per heavy atom. The molecule has 1 aliphatic heterocycles. The Morgan fingerprint density at radius 3 is 2.95 bits per heavy atom. The Balaban J connectivity index is 0.00000242. The van der Waals surface area contributed by atoms with Gasteiger partial charge < -0.3 is 20.1 Å². The third-order valence-corrected chi connectivity index (χ3v) is 3.54. The van der Waals surface area contributed by atoms with Crippen molar-refractivity contribution >= 4 is 40.3 Å². The molecule has 1 aromatic rings. The van der Waals surface area contributed by atoms with Crippen LogP contribution in [-0.2, 0) is 9.53 Å². The van der Waals surface area contributed by atoms with Crippen LogP contribution in [0.4, 0.5) is 0 Å². The number of amides is 1. The van der Waals surface area contributed by atoms with Crippen molar-refractivity contribution in [2.75, 3.05) is 40.0 Å². The van der Waals surface area contributed by atoms with Gasteiger partial charge in [0.05, 0.1) is 12.2 Å². The van der Waals surface area contributed by atoms with Crippen LogP contribution >= 0.6 is 28.3 Å². The van der Waals surface area contributed by atoms with Crippen molar-refractivity contribution in [1.82, 2.24) is 10.6 Å². The summed E-state index contributed by atoms with van der Waals surface area (Å²) in [5.74, 6) is 0.713. The molecule has 0 atom stereocenters. The molecular formula is C15H20BrClN2O3. The van der Waals surface area contributed by atoms with E-state index in [0.717, 1.165) is 22.3 Å². The lowest BCUT2D eigenvalue weighted by atomic mass is 10.1. The minimum atomic E-state index is -0.0887. The SMILES string of the molecule is COCCNCCNC(=O)C1=Cc2cc(Br)ccc2OC1.Cl. The van der Waals surface area contributed by atoms with Crippen molar-refractivity contribution in [3.8, 4) is 5.75 Å². The summed E-state index contributed by atoms with van der Waals surface area (Å²) in [6.07, 6.45) is 1.87. The number of ether oxygens (including phenoxy) is 2. The highest BCUT2D eigenvalue weighted by molar-refractivity contribution is 9.10. The van der Waals surface area contributed by atoms with Crippen molar-refractivity contribution in [3.05, 3.63) is 33.8 Å². The van der Waals surface area contributed by atoms with Crippen LogP contribution in [0.25, 0.3) is 6.08 Å². The van der Waals surface area contributed by atoms with E-state index in [9.17, 15) is 4.79 Å². The first-order valence-corrected chi connectivity index (χ1v) is 7.61. The Morgan fingerprint density at radius 1 is 1.36 bits per heavy atom. The lowest BCUT2D eigenvalue weighted by Crippen LogP contribution is -2.35. The summed E-state index contributed by atoms with van der Waals surface area (Å²) < 4.78 is 11.5. The zero-order valence-corrected chi connectivity index (χ0v) is 14.8. The third-order valence-electron chi connectivity index (χ3n) is 3.05. The molecule has 0 unspecified atom stereocenters. The van der Waals surface area contributed by atoms with Gasteiger partial charge in [-0.2, -0.15) is 0 Å². The van der Waals surface area contributed by atoms with Crippen molar-refractivity contribution in [3.63, 3.8) is 0 Å². The van der Waals surface area contributed by atoms with E-state index in [1.165, 1.54) is 0 Å². The number of nitrogens with one attached hydrogen (secondary N) is 2. The molecule has 22 heavy (non-hydrogen) atoms. The number of halogens is 2. The van der Waals surface area contributed by atoms with Gasteiger partial charge in [-0.3, -0.25) is 4.79 Å². The number of rotatable bonds is 7.